The van der Waals surface area contributed by atoms with Crippen molar-refractivity contribution in [3.8, 4) is 0 Å². The number of nitrogens with zero attached hydrogens (tertiary/aromatic N) is 1. The third-order valence-corrected chi connectivity index (χ3v) is 2.99. The number of rotatable bonds is 1. The second-order valence-corrected chi connectivity index (χ2v) is 5.61. The Labute approximate surface area is 112 Å². The molecule has 2 amide bonds. The number of amides is 2. The molecule has 4 heteroatoms. The smallest absolute Gasteiger partial charge is 0.260 e. The number of aromatic amines is 1. The number of nitrogens with one attached hydrogen (secondary N) is 1. The van der Waals surface area contributed by atoms with Crippen LogP contribution < -0.4 is 0 Å². The van der Waals surface area contributed by atoms with Gasteiger partial charge in [0.15, 0.2) is 0 Å². The van der Waals surface area contributed by atoms with E-state index < -0.39 is 5.54 Å². The Bertz CT molecular complexity index is 635. The predicted molar refractivity (Wildman–Crippen MR) is 74.9 cm³/mol. The molecule has 0 atom stereocenters. The van der Waals surface area contributed by atoms with Crippen molar-refractivity contribution in [3.05, 3.63) is 36.0 Å². The van der Waals surface area contributed by atoms with Crippen LogP contribution in [0.4, 0.5) is 0 Å². The number of hydrogen-bond donors (Lipinski definition) is 1. The van der Waals surface area contributed by atoms with Crippen molar-refractivity contribution in [1.82, 2.24) is 9.88 Å². The molecule has 4 nitrogen and oxygen atoms in total. The number of hydrogen-bond acceptors (Lipinski definition) is 2. The van der Waals surface area contributed by atoms with Crippen LogP contribution in [0.15, 0.2) is 30.5 Å². The van der Waals surface area contributed by atoms with Gasteiger partial charge in [-0.15, -0.1) is 0 Å². The van der Waals surface area contributed by atoms with Gasteiger partial charge in [-0.3, -0.25) is 14.5 Å². The molecular formula is C15H18N2O2. The normalized spacial score (nSPS) is 11.6. The molecule has 100 valence electrons. The zero-order valence-corrected chi connectivity index (χ0v) is 11.7. The van der Waals surface area contributed by atoms with Crippen molar-refractivity contribution in [2.24, 2.45) is 0 Å². The molecule has 1 N–H and O–H groups in total. The minimum atomic E-state index is -0.532. The Morgan fingerprint density at radius 1 is 1.16 bits per heavy atom. The van der Waals surface area contributed by atoms with E-state index in [-0.39, 0.29) is 11.8 Å². The first-order valence-corrected chi connectivity index (χ1v) is 6.23. The van der Waals surface area contributed by atoms with Gasteiger partial charge in [0.25, 0.3) is 5.91 Å². The molecule has 0 aliphatic heterocycles. The second kappa shape index (κ2) is 4.53. The number of H-pyrrole nitrogens is 1. The van der Waals surface area contributed by atoms with Gasteiger partial charge in [-0.1, -0.05) is 0 Å². The Morgan fingerprint density at radius 2 is 1.84 bits per heavy atom. The number of fused-ring (bicyclic) bond motifs is 1. The zero-order valence-electron chi connectivity index (χ0n) is 11.7. The fourth-order valence-electron chi connectivity index (χ4n) is 2.24. The lowest BCUT2D eigenvalue weighted by molar-refractivity contribution is -0.129. The first-order chi connectivity index (χ1) is 8.80. The lowest BCUT2D eigenvalue weighted by Crippen LogP contribution is -2.48. The number of carbonyl (C=O) groups is 2. The topological polar surface area (TPSA) is 53.2 Å². The predicted octanol–water partition coefficient (Wildman–Crippen LogP) is 2.96. The SMILES string of the molecule is CC(=O)N(C(=O)c1ccc2[nH]ccc2c1)C(C)(C)C. The van der Waals surface area contributed by atoms with Gasteiger partial charge in [0.05, 0.1) is 0 Å². The van der Waals surface area contributed by atoms with Gasteiger partial charge in [0, 0.05) is 35.1 Å². The first-order valence-electron chi connectivity index (χ1n) is 6.23. The standard InChI is InChI=1S/C15H18N2O2/c1-10(18)17(15(2,3)4)14(19)12-5-6-13-11(9-12)7-8-16-13/h5-9,16H,1-4H3. The van der Waals surface area contributed by atoms with E-state index in [1.807, 2.05) is 39.1 Å². The summed E-state index contributed by atoms with van der Waals surface area (Å²) in [6.07, 6.45) is 1.82. The van der Waals surface area contributed by atoms with E-state index in [0.717, 1.165) is 10.9 Å². The van der Waals surface area contributed by atoms with Gasteiger partial charge in [-0.2, -0.15) is 0 Å². The number of carbonyl (C=O) groups excluding carboxylic acids is 2. The quantitative estimate of drug-likeness (QED) is 0.855. The maximum absolute atomic E-state index is 12.5. The largest absolute Gasteiger partial charge is 0.361 e. The summed E-state index contributed by atoms with van der Waals surface area (Å²) in [6.45, 7) is 6.96. The summed E-state index contributed by atoms with van der Waals surface area (Å²) < 4.78 is 0. The van der Waals surface area contributed by atoms with E-state index in [2.05, 4.69) is 4.98 Å². The van der Waals surface area contributed by atoms with Crippen LogP contribution in [0.2, 0.25) is 0 Å². The van der Waals surface area contributed by atoms with E-state index in [1.165, 1.54) is 11.8 Å². The third kappa shape index (κ3) is 2.52. The lowest BCUT2D eigenvalue weighted by Gasteiger charge is -2.33. The minimum absolute atomic E-state index is 0.244. The molecular weight excluding hydrogens is 240 g/mol. The van der Waals surface area contributed by atoms with Gasteiger partial charge in [-0.25, -0.2) is 0 Å². The Kier molecular flexibility index (Phi) is 3.18. The van der Waals surface area contributed by atoms with Crippen molar-refractivity contribution < 1.29 is 9.59 Å². The molecule has 2 aromatic rings. The maximum atomic E-state index is 12.5. The Hall–Kier alpha value is -2.10. The van der Waals surface area contributed by atoms with E-state index in [4.69, 9.17) is 0 Å². The van der Waals surface area contributed by atoms with E-state index in [1.54, 1.807) is 12.1 Å². The van der Waals surface area contributed by atoms with E-state index >= 15 is 0 Å². The number of aromatic nitrogens is 1. The van der Waals surface area contributed by atoms with Gasteiger partial charge in [0.2, 0.25) is 5.91 Å². The fourth-order valence-corrected chi connectivity index (χ4v) is 2.24. The molecule has 0 bridgehead atoms. The molecule has 1 aromatic heterocycles. The highest BCUT2D eigenvalue weighted by molar-refractivity contribution is 6.06. The summed E-state index contributed by atoms with van der Waals surface area (Å²) in [7, 11) is 0. The summed E-state index contributed by atoms with van der Waals surface area (Å²) in [6, 6.07) is 7.30. The molecule has 0 radical (unpaired) electrons. The highest BCUT2D eigenvalue weighted by Crippen LogP contribution is 2.20. The monoisotopic (exact) mass is 258 g/mol. The van der Waals surface area contributed by atoms with Gasteiger partial charge < -0.3 is 4.98 Å². The highest BCUT2D eigenvalue weighted by atomic mass is 16.2. The summed E-state index contributed by atoms with van der Waals surface area (Å²) >= 11 is 0. The van der Waals surface area contributed by atoms with Crippen molar-refractivity contribution in [2.75, 3.05) is 0 Å². The minimum Gasteiger partial charge on any atom is -0.361 e. The van der Waals surface area contributed by atoms with Crippen LogP contribution in [0, 0.1) is 0 Å². The van der Waals surface area contributed by atoms with Crippen molar-refractivity contribution in [2.45, 2.75) is 33.2 Å². The number of imide groups is 1. The van der Waals surface area contributed by atoms with Crippen molar-refractivity contribution in [3.63, 3.8) is 0 Å². The average molecular weight is 258 g/mol. The Balaban J connectivity index is 2.44. The molecule has 0 spiro atoms. The summed E-state index contributed by atoms with van der Waals surface area (Å²) in [5, 5.41) is 0.961. The average Bonchev–Trinajstić information content (AvgIpc) is 2.72. The van der Waals surface area contributed by atoms with Crippen LogP contribution in [0.3, 0.4) is 0 Å². The maximum Gasteiger partial charge on any atom is 0.260 e. The van der Waals surface area contributed by atoms with Crippen LogP contribution in [0.5, 0.6) is 0 Å². The molecule has 0 saturated heterocycles. The third-order valence-electron chi connectivity index (χ3n) is 2.99. The molecule has 0 saturated carbocycles. The molecule has 0 aliphatic carbocycles. The summed E-state index contributed by atoms with van der Waals surface area (Å²) in [5.41, 5.74) is 0.967. The van der Waals surface area contributed by atoms with Crippen molar-refractivity contribution >= 4 is 22.7 Å². The van der Waals surface area contributed by atoms with Gasteiger partial charge in [0.1, 0.15) is 0 Å². The van der Waals surface area contributed by atoms with Crippen LogP contribution in [-0.4, -0.2) is 27.2 Å². The van der Waals surface area contributed by atoms with Crippen LogP contribution >= 0.6 is 0 Å². The van der Waals surface area contributed by atoms with Crippen LogP contribution in [-0.2, 0) is 4.79 Å². The van der Waals surface area contributed by atoms with E-state index in [9.17, 15) is 9.59 Å². The molecule has 2 rings (SSSR count). The summed E-state index contributed by atoms with van der Waals surface area (Å²) in [4.78, 5) is 28.6. The summed E-state index contributed by atoms with van der Waals surface area (Å²) in [5.74, 6) is -0.505. The molecule has 1 aromatic carbocycles. The molecule has 0 fully saturated rings. The second-order valence-electron chi connectivity index (χ2n) is 5.61. The molecule has 0 aliphatic rings. The zero-order chi connectivity index (χ0) is 14.2. The number of benzene rings is 1. The van der Waals surface area contributed by atoms with Crippen LogP contribution in [0.25, 0.3) is 10.9 Å². The molecule has 19 heavy (non-hydrogen) atoms. The lowest BCUT2D eigenvalue weighted by atomic mass is 10.0. The van der Waals surface area contributed by atoms with Crippen molar-refractivity contribution in [1.29, 1.82) is 0 Å². The van der Waals surface area contributed by atoms with Crippen LogP contribution in [0.1, 0.15) is 38.1 Å². The van der Waals surface area contributed by atoms with Gasteiger partial charge >= 0.3 is 0 Å². The molecule has 1 heterocycles. The fraction of sp³-hybridized carbons (Fsp3) is 0.333. The first kappa shape index (κ1) is 13.3. The van der Waals surface area contributed by atoms with Gasteiger partial charge in [-0.05, 0) is 45.0 Å². The molecule has 0 unspecified atom stereocenters. The Morgan fingerprint density at radius 3 is 2.42 bits per heavy atom. The highest BCUT2D eigenvalue weighted by Gasteiger charge is 2.30. The van der Waals surface area contributed by atoms with E-state index in [0.29, 0.717) is 5.56 Å².